The molecular formula is C27H25ClP2Pd. The zero-order valence-corrected chi connectivity index (χ0v) is 21.4. The van der Waals surface area contributed by atoms with Crippen LogP contribution in [-0.2, 0) is 17.0 Å². The maximum absolute atomic E-state index is 6.85. The van der Waals surface area contributed by atoms with E-state index in [-0.39, 0.29) is 17.0 Å². The average molecular weight is 553 g/mol. The fourth-order valence-electron chi connectivity index (χ4n) is 3.81. The van der Waals surface area contributed by atoms with Crippen molar-refractivity contribution in [3.8, 4) is 0 Å². The molecule has 4 aromatic carbocycles. The second-order valence-electron chi connectivity index (χ2n) is 7.23. The van der Waals surface area contributed by atoms with Crippen molar-refractivity contribution >= 4 is 46.6 Å². The third-order valence-electron chi connectivity index (χ3n) is 5.21. The molecule has 31 heavy (non-hydrogen) atoms. The van der Waals surface area contributed by atoms with Gasteiger partial charge in [-0.1, -0.05) is 0 Å². The van der Waals surface area contributed by atoms with Gasteiger partial charge in [-0.25, -0.2) is 0 Å². The third kappa shape index (κ3) is 5.55. The average Bonchev–Trinajstić information content (AvgIpc) is 2.85. The van der Waals surface area contributed by atoms with Crippen molar-refractivity contribution in [3.05, 3.63) is 121 Å². The van der Waals surface area contributed by atoms with Gasteiger partial charge in [0.15, 0.2) is 0 Å². The molecule has 4 heteroatoms. The molecule has 0 spiro atoms. The number of hydrogen-bond acceptors (Lipinski definition) is 0. The SMILES string of the molecule is CC([CH]([Pd][Cl])P(c1ccccc1)c1ccccc1)P(c1ccccc1)c1ccccc1. The van der Waals surface area contributed by atoms with Crippen LogP contribution < -0.4 is 21.2 Å². The molecule has 0 aromatic heterocycles. The van der Waals surface area contributed by atoms with Gasteiger partial charge >= 0.3 is 202 Å². The molecule has 0 nitrogen and oxygen atoms in total. The quantitative estimate of drug-likeness (QED) is 0.180. The van der Waals surface area contributed by atoms with E-state index >= 15 is 0 Å². The molecule has 0 radical (unpaired) electrons. The second-order valence-corrected chi connectivity index (χ2v) is 14.9. The van der Waals surface area contributed by atoms with Crippen LogP contribution in [0, 0.1) is 0 Å². The van der Waals surface area contributed by atoms with Gasteiger partial charge in [0.25, 0.3) is 0 Å². The van der Waals surface area contributed by atoms with Crippen LogP contribution in [-0.4, -0.2) is 9.79 Å². The number of hydrogen-bond donors (Lipinski definition) is 0. The summed E-state index contributed by atoms with van der Waals surface area (Å²) in [5.41, 5.74) is 0.456. The van der Waals surface area contributed by atoms with E-state index < -0.39 is 15.8 Å². The molecule has 4 rings (SSSR count). The van der Waals surface area contributed by atoms with Crippen LogP contribution in [0.5, 0.6) is 0 Å². The van der Waals surface area contributed by atoms with Crippen LogP contribution in [0.1, 0.15) is 6.92 Å². The number of benzene rings is 4. The van der Waals surface area contributed by atoms with E-state index in [1.54, 1.807) is 0 Å². The minimum atomic E-state index is -0.561. The van der Waals surface area contributed by atoms with E-state index in [4.69, 9.17) is 9.53 Å². The fourth-order valence-corrected chi connectivity index (χ4v) is 14.6. The Morgan fingerprint density at radius 1 is 0.516 bits per heavy atom. The van der Waals surface area contributed by atoms with Gasteiger partial charge in [0.1, 0.15) is 0 Å². The van der Waals surface area contributed by atoms with E-state index in [9.17, 15) is 0 Å². The molecule has 4 aromatic rings. The molecule has 0 saturated heterocycles. The second kappa shape index (κ2) is 11.5. The third-order valence-corrected chi connectivity index (χ3v) is 15.5. The first-order chi connectivity index (χ1) is 15.3. The summed E-state index contributed by atoms with van der Waals surface area (Å²) < 4.78 is 0.419. The number of rotatable bonds is 8. The summed E-state index contributed by atoms with van der Waals surface area (Å²) in [6, 6.07) is 44.0. The van der Waals surface area contributed by atoms with Gasteiger partial charge in [-0.15, -0.1) is 0 Å². The Morgan fingerprint density at radius 3 is 1.10 bits per heavy atom. The van der Waals surface area contributed by atoms with Crippen molar-refractivity contribution in [2.24, 2.45) is 0 Å². The molecule has 0 amide bonds. The zero-order chi connectivity index (χ0) is 21.5. The molecule has 0 bridgehead atoms. The van der Waals surface area contributed by atoms with Crippen molar-refractivity contribution in [1.82, 2.24) is 0 Å². The first-order valence-electron chi connectivity index (χ1n) is 10.3. The molecule has 0 heterocycles. The Morgan fingerprint density at radius 2 is 0.806 bits per heavy atom. The number of halogens is 1. The van der Waals surface area contributed by atoms with Crippen LogP contribution >= 0.6 is 25.4 Å². The van der Waals surface area contributed by atoms with E-state index in [0.717, 1.165) is 0 Å². The van der Waals surface area contributed by atoms with Crippen LogP contribution in [0.25, 0.3) is 0 Å². The molecule has 0 fully saturated rings. The van der Waals surface area contributed by atoms with Crippen molar-refractivity contribution in [2.75, 3.05) is 0 Å². The zero-order valence-electron chi connectivity index (χ0n) is 17.3. The minimum absolute atomic E-state index is 0.130. The van der Waals surface area contributed by atoms with Crippen LogP contribution in [0.4, 0.5) is 0 Å². The van der Waals surface area contributed by atoms with Gasteiger partial charge in [0.2, 0.25) is 0 Å². The molecule has 0 saturated carbocycles. The fraction of sp³-hybridized carbons (Fsp3) is 0.111. The predicted molar refractivity (Wildman–Crippen MR) is 137 cm³/mol. The summed E-state index contributed by atoms with van der Waals surface area (Å²) in [5.74, 6) is 0. The summed E-state index contributed by atoms with van der Waals surface area (Å²) >= 11 is 0.130. The van der Waals surface area contributed by atoms with Crippen molar-refractivity contribution < 1.29 is 17.0 Å². The summed E-state index contributed by atoms with van der Waals surface area (Å²) in [5, 5.41) is 5.68. The van der Waals surface area contributed by atoms with Crippen LogP contribution in [0.2, 0.25) is 0 Å². The molecule has 160 valence electrons. The molecule has 2 atom stereocenters. The Hall–Kier alpha value is -1.31. The first kappa shape index (κ1) is 22.9. The molecule has 0 aliphatic heterocycles. The van der Waals surface area contributed by atoms with Gasteiger partial charge in [-0.05, 0) is 0 Å². The molecule has 0 aliphatic carbocycles. The summed E-state index contributed by atoms with van der Waals surface area (Å²) in [7, 11) is 5.77. The molecule has 0 N–H and O–H groups in total. The van der Waals surface area contributed by atoms with Gasteiger partial charge in [0.05, 0.1) is 0 Å². The van der Waals surface area contributed by atoms with Gasteiger partial charge in [-0.3, -0.25) is 0 Å². The maximum atomic E-state index is 6.85. The Balaban J connectivity index is 1.80. The Bertz CT molecular complexity index is 967. The monoisotopic (exact) mass is 552 g/mol. The first-order valence-corrected chi connectivity index (χ1v) is 16.0. The van der Waals surface area contributed by atoms with Crippen LogP contribution in [0.15, 0.2) is 121 Å². The van der Waals surface area contributed by atoms with Crippen molar-refractivity contribution in [3.63, 3.8) is 0 Å². The normalized spacial score (nSPS) is 13.4. The van der Waals surface area contributed by atoms with E-state index in [1.807, 2.05) is 0 Å². The summed E-state index contributed by atoms with van der Waals surface area (Å²) in [6.07, 6.45) is 0. The Kier molecular flexibility index (Phi) is 8.50. The standard InChI is InChI=1S/C27H25P2.ClH.Pd/c1-23(29(26-18-10-4-11-19-26)27-20-12-5-13-21-27)22-28(24-14-6-2-7-15-24)25-16-8-3-9-17-25;;/h2-23H,1H3;1H;/q;;+1/p-1. The van der Waals surface area contributed by atoms with E-state index in [2.05, 4.69) is 128 Å². The molecule has 2 unspecified atom stereocenters. The van der Waals surface area contributed by atoms with Crippen molar-refractivity contribution in [1.29, 1.82) is 0 Å². The topological polar surface area (TPSA) is 0 Å². The van der Waals surface area contributed by atoms with Crippen molar-refractivity contribution in [2.45, 2.75) is 16.7 Å². The van der Waals surface area contributed by atoms with Gasteiger partial charge in [-0.2, -0.15) is 0 Å². The molecular weight excluding hydrogens is 528 g/mol. The van der Waals surface area contributed by atoms with Crippen LogP contribution in [0.3, 0.4) is 0 Å². The van der Waals surface area contributed by atoms with E-state index in [0.29, 0.717) is 9.79 Å². The molecule has 0 aliphatic rings. The summed E-state index contributed by atoms with van der Waals surface area (Å²) in [4.78, 5) is 0. The van der Waals surface area contributed by atoms with Gasteiger partial charge < -0.3 is 0 Å². The van der Waals surface area contributed by atoms with E-state index in [1.165, 1.54) is 21.2 Å². The predicted octanol–water partition coefficient (Wildman–Crippen LogP) is 6.20. The summed E-state index contributed by atoms with van der Waals surface area (Å²) in [6.45, 7) is 2.43. The Labute approximate surface area is 200 Å². The van der Waals surface area contributed by atoms with Gasteiger partial charge in [0, 0.05) is 0 Å².